The quantitative estimate of drug-likeness (QED) is 0.421. The number of rotatable bonds is 8. The topological polar surface area (TPSA) is 103 Å². The summed E-state index contributed by atoms with van der Waals surface area (Å²) in [5.41, 5.74) is 2.38. The van der Waals surface area contributed by atoms with Crippen molar-refractivity contribution >= 4 is 29.3 Å². The highest BCUT2D eigenvalue weighted by Gasteiger charge is 2.19. The minimum Gasteiger partial charge on any atom is -0.457 e. The van der Waals surface area contributed by atoms with Gasteiger partial charge < -0.3 is 14.6 Å². The van der Waals surface area contributed by atoms with Crippen LogP contribution in [0.25, 0.3) is 5.82 Å². The second kappa shape index (κ2) is 9.61. The molecule has 31 heavy (non-hydrogen) atoms. The van der Waals surface area contributed by atoms with Gasteiger partial charge in [-0.1, -0.05) is 16.8 Å². The minimum atomic E-state index is -0.578. The van der Waals surface area contributed by atoms with Crippen molar-refractivity contribution < 1.29 is 23.6 Å². The van der Waals surface area contributed by atoms with Gasteiger partial charge in [-0.25, -0.2) is 0 Å². The number of aryl methyl sites for hydroxylation is 2. The van der Waals surface area contributed by atoms with Crippen LogP contribution in [0.3, 0.4) is 0 Å². The molecule has 0 unspecified atom stereocenters. The van der Waals surface area contributed by atoms with Crippen molar-refractivity contribution in [2.24, 2.45) is 0 Å². The van der Waals surface area contributed by atoms with Gasteiger partial charge in [0.15, 0.2) is 12.4 Å². The van der Waals surface area contributed by atoms with Crippen molar-refractivity contribution in [2.75, 3.05) is 13.2 Å². The first-order chi connectivity index (χ1) is 14.8. The Kier molecular flexibility index (Phi) is 6.91. The highest BCUT2D eigenvalue weighted by molar-refractivity contribution is 6.30. The first kappa shape index (κ1) is 22.3. The van der Waals surface area contributed by atoms with E-state index in [0.29, 0.717) is 33.4 Å². The molecule has 0 aliphatic carbocycles. The van der Waals surface area contributed by atoms with Crippen molar-refractivity contribution in [3.05, 3.63) is 69.7 Å². The normalized spacial score (nSPS) is 10.7. The molecule has 8 nitrogen and oxygen atoms in total. The molecule has 2 aromatic heterocycles. The van der Waals surface area contributed by atoms with Gasteiger partial charge >= 0.3 is 5.97 Å². The van der Waals surface area contributed by atoms with Crippen LogP contribution in [0.5, 0.6) is 0 Å². The largest absolute Gasteiger partial charge is 0.457 e. The highest BCUT2D eigenvalue weighted by atomic mass is 35.5. The number of nitrogens with one attached hydrogen (secondary N) is 1. The third-order valence-electron chi connectivity index (χ3n) is 4.66. The summed E-state index contributed by atoms with van der Waals surface area (Å²) in [7, 11) is 0. The zero-order valence-electron chi connectivity index (χ0n) is 17.4. The number of ether oxygens (including phenoxy) is 1. The Morgan fingerprint density at radius 3 is 2.48 bits per heavy atom. The van der Waals surface area contributed by atoms with Crippen LogP contribution in [0.4, 0.5) is 0 Å². The van der Waals surface area contributed by atoms with E-state index in [4.69, 9.17) is 20.9 Å². The van der Waals surface area contributed by atoms with E-state index in [1.54, 1.807) is 54.8 Å². The molecule has 1 N–H and O–H groups in total. The van der Waals surface area contributed by atoms with E-state index in [0.717, 1.165) is 5.69 Å². The molecule has 0 saturated carbocycles. The van der Waals surface area contributed by atoms with Gasteiger partial charge in [-0.2, -0.15) is 0 Å². The summed E-state index contributed by atoms with van der Waals surface area (Å²) in [6.07, 6.45) is -0.0517. The summed E-state index contributed by atoms with van der Waals surface area (Å²) < 4.78 is 12.0. The van der Waals surface area contributed by atoms with Crippen LogP contribution in [0.2, 0.25) is 5.02 Å². The number of nitrogens with zero attached hydrogens (tertiary/aromatic N) is 2. The molecule has 0 atom stereocenters. The molecule has 3 aromatic rings. The van der Waals surface area contributed by atoms with Crippen LogP contribution in [0.15, 0.2) is 40.9 Å². The summed E-state index contributed by atoms with van der Waals surface area (Å²) >= 11 is 5.79. The lowest BCUT2D eigenvalue weighted by Crippen LogP contribution is -2.27. The number of hydrogen-bond donors (Lipinski definition) is 1. The van der Waals surface area contributed by atoms with Crippen molar-refractivity contribution in [1.29, 1.82) is 0 Å². The lowest BCUT2D eigenvalue weighted by atomic mass is 10.1. The maximum Gasteiger partial charge on any atom is 0.308 e. The van der Waals surface area contributed by atoms with E-state index in [1.807, 2.05) is 6.92 Å². The van der Waals surface area contributed by atoms with E-state index in [2.05, 4.69) is 10.5 Å². The van der Waals surface area contributed by atoms with Crippen LogP contribution < -0.4 is 5.32 Å². The average molecular weight is 444 g/mol. The molecule has 162 valence electrons. The molecule has 0 saturated heterocycles. The number of benzene rings is 1. The maximum absolute atomic E-state index is 12.6. The molecular formula is C22H22ClN3O5. The fraction of sp³-hybridized carbons (Fsp3) is 0.273. The summed E-state index contributed by atoms with van der Waals surface area (Å²) in [6.45, 7) is 5.14. The molecule has 0 aliphatic heterocycles. The van der Waals surface area contributed by atoms with Crippen molar-refractivity contribution in [2.45, 2.75) is 27.2 Å². The van der Waals surface area contributed by atoms with E-state index in [1.165, 1.54) is 0 Å². The van der Waals surface area contributed by atoms with Gasteiger partial charge in [0.1, 0.15) is 5.76 Å². The number of esters is 1. The van der Waals surface area contributed by atoms with Gasteiger partial charge in [0, 0.05) is 40.1 Å². The molecule has 0 bridgehead atoms. The number of halogens is 1. The van der Waals surface area contributed by atoms with Crippen LogP contribution in [0.1, 0.15) is 44.3 Å². The zero-order chi connectivity index (χ0) is 22.5. The van der Waals surface area contributed by atoms with Crippen molar-refractivity contribution in [3.8, 4) is 5.82 Å². The monoisotopic (exact) mass is 443 g/mol. The molecule has 2 heterocycles. The molecule has 1 aromatic carbocycles. The number of carbonyl (C=O) groups is 3. The Hall–Kier alpha value is -3.39. The fourth-order valence-corrected chi connectivity index (χ4v) is 3.26. The third kappa shape index (κ3) is 5.40. The van der Waals surface area contributed by atoms with Gasteiger partial charge in [0.25, 0.3) is 5.91 Å². The summed E-state index contributed by atoms with van der Waals surface area (Å²) in [5, 5.41) is 7.13. The summed E-state index contributed by atoms with van der Waals surface area (Å²) in [4.78, 5) is 36.5. The molecule has 0 aliphatic rings. The summed E-state index contributed by atoms with van der Waals surface area (Å²) in [6, 6.07) is 9.89. The van der Waals surface area contributed by atoms with E-state index in [-0.39, 0.29) is 31.3 Å². The fourth-order valence-electron chi connectivity index (χ4n) is 3.13. The number of aromatic nitrogens is 2. The van der Waals surface area contributed by atoms with E-state index >= 15 is 0 Å². The number of carbonyl (C=O) groups excluding carboxylic acids is 3. The Balaban J connectivity index is 1.50. The van der Waals surface area contributed by atoms with Crippen LogP contribution >= 0.6 is 11.6 Å². The molecule has 0 fully saturated rings. The first-order valence-electron chi connectivity index (χ1n) is 9.61. The Morgan fingerprint density at radius 1 is 1.13 bits per heavy atom. The smallest absolute Gasteiger partial charge is 0.308 e. The predicted octanol–water partition coefficient (Wildman–Crippen LogP) is 3.59. The van der Waals surface area contributed by atoms with Gasteiger partial charge in [0.05, 0.1) is 6.42 Å². The molecule has 0 spiro atoms. The van der Waals surface area contributed by atoms with Crippen molar-refractivity contribution in [3.63, 3.8) is 0 Å². The zero-order valence-corrected chi connectivity index (χ0v) is 18.2. The van der Waals surface area contributed by atoms with Gasteiger partial charge in [-0.05, 0) is 51.1 Å². The molecule has 9 heteroatoms. The number of Topliss-reactive ketones (excluding diaryl/α,β-unsaturated/α-hetero) is 1. The molecule has 3 rings (SSSR count). The third-order valence-corrected chi connectivity index (χ3v) is 4.91. The van der Waals surface area contributed by atoms with E-state index in [9.17, 15) is 14.4 Å². The second-order valence-corrected chi connectivity index (χ2v) is 7.45. The van der Waals surface area contributed by atoms with E-state index < -0.39 is 5.97 Å². The number of hydrogen-bond acceptors (Lipinski definition) is 6. The first-order valence-corrected chi connectivity index (χ1v) is 9.99. The number of ketones is 1. The van der Waals surface area contributed by atoms with Gasteiger partial charge in [-0.3, -0.25) is 19.0 Å². The SMILES string of the molecule is Cc1cc(-n2c(C)cc(C(=O)COC(=O)CCNC(=O)c3ccc(Cl)cc3)c2C)no1. The summed E-state index contributed by atoms with van der Waals surface area (Å²) in [5.74, 6) is 0.0207. The lowest BCUT2D eigenvalue weighted by molar-refractivity contribution is -0.142. The minimum absolute atomic E-state index is 0.0517. The average Bonchev–Trinajstić information content (AvgIpc) is 3.28. The van der Waals surface area contributed by atoms with Gasteiger partial charge in [0.2, 0.25) is 5.78 Å². The Bertz CT molecular complexity index is 1110. The molecular weight excluding hydrogens is 422 g/mol. The van der Waals surface area contributed by atoms with Crippen molar-refractivity contribution in [1.82, 2.24) is 15.0 Å². The van der Waals surface area contributed by atoms with Crippen LogP contribution in [-0.4, -0.2) is 40.5 Å². The maximum atomic E-state index is 12.6. The standard InChI is InChI=1S/C22H22ClN3O5/c1-13-10-18(15(3)26(13)20-11-14(2)31-25-20)19(27)12-30-21(28)8-9-24-22(29)16-4-6-17(23)7-5-16/h4-7,10-11H,8-9,12H2,1-3H3,(H,24,29). The Labute approximate surface area is 184 Å². The molecule has 1 amide bonds. The van der Waals surface area contributed by atoms with Crippen LogP contribution in [-0.2, 0) is 9.53 Å². The molecule has 0 radical (unpaired) electrons. The van der Waals surface area contributed by atoms with Crippen LogP contribution in [0, 0.1) is 20.8 Å². The predicted molar refractivity (Wildman–Crippen MR) is 114 cm³/mol. The Morgan fingerprint density at radius 2 is 1.84 bits per heavy atom. The van der Waals surface area contributed by atoms with Gasteiger partial charge in [-0.15, -0.1) is 0 Å². The number of amides is 1. The second-order valence-electron chi connectivity index (χ2n) is 7.01. The lowest BCUT2D eigenvalue weighted by Gasteiger charge is -2.07. The highest BCUT2D eigenvalue weighted by Crippen LogP contribution is 2.21.